The first-order chi connectivity index (χ1) is 16.0. The van der Waals surface area contributed by atoms with Crippen LogP contribution in [0.4, 0.5) is 5.82 Å². The molecule has 0 spiro atoms. The van der Waals surface area contributed by atoms with Crippen LogP contribution in [0.2, 0.25) is 0 Å². The van der Waals surface area contributed by atoms with E-state index in [0.717, 1.165) is 32.1 Å². The predicted octanol–water partition coefficient (Wildman–Crippen LogP) is 2.58. The van der Waals surface area contributed by atoms with E-state index in [4.69, 9.17) is 10.5 Å². The van der Waals surface area contributed by atoms with Gasteiger partial charge in [0.1, 0.15) is 18.2 Å². The molecule has 0 unspecified atom stereocenters. The minimum absolute atomic E-state index is 0.0482. The van der Waals surface area contributed by atoms with Crippen LogP contribution >= 0.6 is 0 Å². The monoisotopic (exact) mass is 452 g/mol. The first-order valence-corrected chi connectivity index (χ1v) is 11.6. The quantitative estimate of drug-likeness (QED) is 0.725. The van der Waals surface area contributed by atoms with Crippen molar-refractivity contribution in [3.05, 3.63) is 53.7 Å². The van der Waals surface area contributed by atoms with Gasteiger partial charge in [0, 0.05) is 32.4 Å². The molecule has 2 aromatic rings. The molecule has 3 aliphatic heterocycles. The van der Waals surface area contributed by atoms with Crippen LogP contribution in [0.3, 0.4) is 0 Å². The zero-order valence-electron chi connectivity index (χ0n) is 18.9. The molecule has 2 amide bonds. The number of benzene rings is 1. The standard InChI is InChI=1S/C25H32N4O4/c26-22-8-7-19(17-27-22)23(31)28-12-4-3-9-25(18-30)10-13-29(14-11-25)24(32)20-5-1-2-6-21(20)33-16-15-28/h1-2,5-8,17,30H,3-4,9-16,18H2,(H2,26,27). The zero-order chi connectivity index (χ0) is 23.3. The van der Waals surface area contributed by atoms with Crippen LogP contribution in [0, 0.1) is 5.41 Å². The number of hydrogen-bond acceptors (Lipinski definition) is 6. The summed E-state index contributed by atoms with van der Waals surface area (Å²) in [7, 11) is 0. The van der Waals surface area contributed by atoms with Gasteiger partial charge in [-0.15, -0.1) is 0 Å². The molecule has 1 aromatic carbocycles. The number of fused-ring (bicyclic) bond motifs is 9. The van der Waals surface area contributed by atoms with E-state index in [9.17, 15) is 14.7 Å². The average molecular weight is 453 g/mol. The zero-order valence-corrected chi connectivity index (χ0v) is 18.9. The van der Waals surface area contributed by atoms with Crippen molar-refractivity contribution in [1.82, 2.24) is 14.8 Å². The van der Waals surface area contributed by atoms with Crippen molar-refractivity contribution in [2.24, 2.45) is 5.41 Å². The highest BCUT2D eigenvalue weighted by Crippen LogP contribution is 2.37. The van der Waals surface area contributed by atoms with E-state index < -0.39 is 0 Å². The van der Waals surface area contributed by atoms with E-state index in [1.807, 2.05) is 17.0 Å². The van der Waals surface area contributed by atoms with Crippen LogP contribution in [0.25, 0.3) is 0 Å². The lowest BCUT2D eigenvalue weighted by Crippen LogP contribution is -2.44. The molecule has 8 heteroatoms. The number of aromatic nitrogens is 1. The van der Waals surface area contributed by atoms with Gasteiger partial charge in [-0.1, -0.05) is 18.6 Å². The molecule has 8 nitrogen and oxygen atoms in total. The second kappa shape index (κ2) is 10.2. The summed E-state index contributed by atoms with van der Waals surface area (Å²) in [5.74, 6) is 0.725. The maximum absolute atomic E-state index is 13.2. The van der Waals surface area contributed by atoms with Crippen molar-refractivity contribution in [3.8, 4) is 5.75 Å². The van der Waals surface area contributed by atoms with Gasteiger partial charge in [0.2, 0.25) is 0 Å². The number of nitrogens with zero attached hydrogens (tertiary/aromatic N) is 3. The Morgan fingerprint density at radius 1 is 1.06 bits per heavy atom. The Balaban J connectivity index is 1.57. The van der Waals surface area contributed by atoms with Gasteiger partial charge in [0.05, 0.1) is 17.7 Å². The highest BCUT2D eigenvalue weighted by molar-refractivity contribution is 5.97. The van der Waals surface area contributed by atoms with E-state index in [1.54, 1.807) is 29.2 Å². The fourth-order valence-corrected chi connectivity index (χ4v) is 4.71. The van der Waals surface area contributed by atoms with Gasteiger partial charge >= 0.3 is 0 Å². The Labute approximate surface area is 194 Å². The van der Waals surface area contributed by atoms with Gasteiger partial charge in [-0.25, -0.2) is 4.98 Å². The molecule has 3 aliphatic rings. The molecule has 2 bridgehead atoms. The summed E-state index contributed by atoms with van der Waals surface area (Å²) in [6.07, 6.45) is 5.66. The molecule has 3 N–H and O–H groups in total. The van der Waals surface area contributed by atoms with Crippen molar-refractivity contribution in [2.75, 3.05) is 45.1 Å². The Morgan fingerprint density at radius 2 is 1.85 bits per heavy atom. The summed E-state index contributed by atoms with van der Waals surface area (Å²) in [5, 5.41) is 10.1. The fraction of sp³-hybridized carbons (Fsp3) is 0.480. The molecule has 1 fully saturated rings. The lowest BCUT2D eigenvalue weighted by Gasteiger charge is -2.41. The predicted molar refractivity (Wildman–Crippen MR) is 125 cm³/mol. The normalized spacial score (nSPS) is 19.2. The van der Waals surface area contributed by atoms with Crippen LogP contribution < -0.4 is 10.5 Å². The summed E-state index contributed by atoms with van der Waals surface area (Å²) >= 11 is 0. The van der Waals surface area contributed by atoms with Crippen LogP contribution in [0.5, 0.6) is 5.75 Å². The van der Waals surface area contributed by atoms with E-state index in [-0.39, 0.29) is 30.4 Å². The van der Waals surface area contributed by atoms with Crippen molar-refractivity contribution >= 4 is 17.6 Å². The molecule has 0 radical (unpaired) electrons. The maximum atomic E-state index is 13.2. The van der Waals surface area contributed by atoms with Gasteiger partial charge in [-0.05, 0) is 55.4 Å². The second-order valence-electron chi connectivity index (χ2n) is 9.02. The lowest BCUT2D eigenvalue weighted by molar-refractivity contribution is 0.0297. The number of rotatable bonds is 2. The third kappa shape index (κ3) is 5.27. The Kier molecular flexibility index (Phi) is 7.13. The Hall–Kier alpha value is -3.13. The molecule has 0 saturated carbocycles. The molecule has 0 aliphatic carbocycles. The van der Waals surface area contributed by atoms with Crippen LogP contribution in [-0.2, 0) is 0 Å². The number of ether oxygens (including phenoxy) is 1. The van der Waals surface area contributed by atoms with Crippen molar-refractivity contribution in [3.63, 3.8) is 0 Å². The molecular formula is C25H32N4O4. The number of amides is 2. The topological polar surface area (TPSA) is 109 Å². The summed E-state index contributed by atoms with van der Waals surface area (Å²) in [6.45, 7) is 2.62. The SMILES string of the molecule is Nc1ccc(C(=O)N2CCCCC3(CO)CCN(CC3)C(=O)c3ccccc3OCC2)cn1. The first-order valence-electron chi connectivity index (χ1n) is 11.6. The molecule has 4 heterocycles. The number of para-hydroxylation sites is 1. The number of nitrogens with two attached hydrogens (primary N) is 1. The maximum Gasteiger partial charge on any atom is 0.257 e. The van der Waals surface area contributed by atoms with Gasteiger partial charge in [0.25, 0.3) is 11.8 Å². The number of anilines is 1. The number of carbonyl (C=O) groups excluding carboxylic acids is 2. The van der Waals surface area contributed by atoms with E-state index in [0.29, 0.717) is 48.9 Å². The van der Waals surface area contributed by atoms with Gasteiger partial charge < -0.3 is 25.4 Å². The summed E-state index contributed by atoms with van der Waals surface area (Å²) in [4.78, 5) is 34.0. The van der Waals surface area contributed by atoms with E-state index >= 15 is 0 Å². The summed E-state index contributed by atoms with van der Waals surface area (Å²) < 4.78 is 6.00. The third-order valence-corrected chi connectivity index (χ3v) is 6.89. The molecule has 1 aromatic heterocycles. The third-order valence-electron chi connectivity index (χ3n) is 6.89. The Morgan fingerprint density at radius 3 is 2.58 bits per heavy atom. The average Bonchev–Trinajstić information content (AvgIpc) is 2.86. The van der Waals surface area contributed by atoms with Crippen molar-refractivity contribution < 1.29 is 19.4 Å². The number of pyridine rings is 1. The van der Waals surface area contributed by atoms with Gasteiger partial charge in [-0.2, -0.15) is 0 Å². The smallest absolute Gasteiger partial charge is 0.257 e. The molecule has 0 atom stereocenters. The molecular weight excluding hydrogens is 420 g/mol. The van der Waals surface area contributed by atoms with Crippen LogP contribution in [0.15, 0.2) is 42.6 Å². The molecule has 5 rings (SSSR count). The van der Waals surface area contributed by atoms with Crippen molar-refractivity contribution in [2.45, 2.75) is 32.1 Å². The molecule has 33 heavy (non-hydrogen) atoms. The van der Waals surface area contributed by atoms with E-state index in [1.165, 1.54) is 6.20 Å². The van der Waals surface area contributed by atoms with Crippen LogP contribution in [-0.4, -0.2) is 71.1 Å². The van der Waals surface area contributed by atoms with Gasteiger partial charge in [-0.3, -0.25) is 9.59 Å². The highest BCUT2D eigenvalue weighted by Gasteiger charge is 2.36. The number of aliphatic hydroxyl groups is 1. The molecule has 1 saturated heterocycles. The lowest BCUT2D eigenvalue weighted by atomic mass is 9.75. The first kappa shape index (κ1) is 23.0. The fourth-order valence-electron chi connectivity index (χ4n) is 4.71. The second-order valence-corrected chi connectivity index (χ2v) is 9.02. The van der Waals surface area contributed by atoms with Crippen molar-refractivity contribution in [1.29, 1.82) is 0 Å². The summed E-state index contributed by atoms with van der Waals surface area (Å²) in [6, 6.07) is 10.6. The largest absolute Gasteiger partial charge is 0.491 e. The van der Waals surface area contributed by atoms with Gasteiger partial charge in [0.15, 0.2) is 0 Å². The number of hydrogen-bond donors (Lipinski definition) is 2. The number of nitrogen functional groups attached to an aromatic ring is 1. The van der Waals surface area contributed by atoms with E-state index in [2.05, 4.69) is 4.98 Å². The number of carbonyl (C=O) groups is 2. The minimum Gasteiger partial charge on any atom is -0.491 e. The number of aliphatic hydroxyl groups excluding tert-OH is 1. The highest BCUT2D eigenvalue weighted by atomic mass is 16.5. The minimum atomic E-state index is -0.164. The molecule has 176 valence electrons. The number of piperidine rings is 1. The van der Waals surface area contributed by atoms with Crippen LogP contribution in [0.1, 0.15) is 52.8 Å². The summed E-state index contributed by atoms with van der Waals surface area (Å²) in [5.41, 5.74) is 6.52. The Bertz CT molecular complexity index is 971.